The maximum Gasteiger partial charge on any atom is 0.0279 e. The summed E-state index contributed by atoms with van der Waals surface area (Å²) in [4.78, 5) is 0. The van der Waals surface area contributed by atoms with Gasteiger partial charge in [0.2, 0.25) is 0 Å². The molecule has 1 aromatic heterocycles. The zero-order chi connectivity index (χ0) is 12.3. The summed E-state index contributed by atoms with van der Waals surface area (Å²) in [5.41, 5.74) is 5.00. The van der Waals surface area contributed by atoms with E-state index in [1.54, 1.807) is 11.3 Å². The van der Waals surface area contributed by atoms with Crippen LogP contribution in [0.25, 0.3) is 0 Å². The molecule has 1 aliphatic carbocycles. The van der Waals surface area contributed by atoms with E-state index in [1.807, 2.05) is 0 Å². The molecule has 96 valence electrons. The van der Waals surface area contributed by atoms with Crippen molar-refractivity contribution < 1.29 is 0 Å². The minimum absolute atomic E-state index is 0.445. The quantitative estimate of drug-likeness (QED) is 0.637. The van der Waals surface area contributed by atoms with E-state index < -0.39 is 0 Å². The molecule has 0 saturated heterocycles. The molecule has 0 aromatic carbocycles. The van der Waals surface area contributed by atoms with E-state index in [0.717, 1.165) is 12.3 Å². The molecule has 0 aliphatic heterocycles. The second kappa shape index (κ2) is 5.51. The fourth-order valence-corrected chi connectivity index (χ4v) is 3.53. The summed E-state index contributed by atoms with van der Waals surface area (Å²) in [6.07, 6.45) is 6.36. The van der Waals surface area contributed by atoms with Crippen molar-refractivity contribution in [3.8, 4) is 0 Å². The van der Waals surface area contributed by atoms with E-state index in [0.29, 0.717) is 11.5 Å². The van der Waals surface area contributed by atoms with Gasteiger partial charge in [-0.25, -0.2) is 0 Å². The Hall–Kier alpha value is -0.380. The maximum atomic E-state index is 5.74. The highest BCUT2D eigenvalue weighted by molar-refractivity contribution is 7.07. The van der Waals surface area contributed by atoms with Gasteiger partial charge in [-0.1, -0.05) is 13.8 Å². The molecule has 0 bridgehead atoms. The van der Waals surface area contributed by atoms with Crippen LogP contribution in [0.4, 0.5) is 0 Å². The Kier molecular flexibility index (Phi) is 4.23. The Balaban J connectivity index is 1.91. The van der Waals surface area contributed by atoms with Gasteiger partial charge in [-0.3, -0.25) is 11.3 Å². The van der Waals surface area contributed by atoms with Crippen molar-refractivity contribution in [1.29, 1.82) is 0 Å². The van der Waals surface area contributed by atoms with Crippen LogP contribution in [-0.2, 0) is 6.42 Å². The van der Waals surface area contributed by atoms with Crippen molar-refractivity contribution in [2.75, 3.05) is 0 Å². The van der Waals surface area contributed by atoms with Crippen LogP contribution < -0.4 is 11.3 Å². The summed E-state index contributed by atoms with van der Waals surface area (Å²) in [5, 5.41) is 4.38. The van der Waals surface area contributed by atoms with E-state index in [2.05, 4.69) is 36.1 Å². The molecule has 1 atom stereocenters. The van der Waals surface area contributed by atoms with Crippen LogP contribution in [0.2, 0.25) is 0 Å². The average molecular weight is 252 g/mol. The first-order chi connectivity index (χ1) is 8.11. The Labute approximate surface area is 109 Å². The summed E-state index contributed by atoms with van der Waals surface area (Å²) >= 11 is 1.77. The van der Waals surface area contributed by atoms with Crippen LogP contribution in [0, 0.1) is 11.3 Å². The van der Waals surface area contributed by atoms with Crippen LogP contribution in [-0.4, -0.2) is 6.04 Å². The minimum atomic E-state index is 0.445. The highest BCUT2D eigenvalue weighted by Crippen LogP contribution is 2.39. The first kappa shape index (κ1) is 13.1. The van der Waals surface area contributed by atoms with Gasteiger partial charge in [0.25, 0.3) is 0 Å². The Morgan fingerprint density at radius 1 is 1.47 bits per heavy atom. The number of nitrogens with one attached hydrogen (secondary N) is 1. The third kappa shape index (κ3) is 3.54. The zero-order valence-electron chi connectivity index (χ0n) is 10.9. The smallest absolute Gasteiger partial charge is 0.0279 e. The van der Waals surface area contributed by atoms with Crippen LogP contribution >= 0.6 is 11.3 Å². The molecule has 17 heavy (non-hydrogen) atoms. The summed E-state index contributed by atoms with van der Waals surface area (Å²) in [7, 11) is 0. The maximum absolute atomic E-state index is 5.74. The monoisotopic (exact) mass is 252 g/mol. The van der Waals surface area contributed by atoms with Crippen molar-refractivity contribution in [1.82, 2.24) is 5.43 Å². The van der Waals surface area contributed by atoms with E-state index in [4.69, 9.17) is 5.84 Å². The number of thiophene rings is 1. The zero-order valence-corrected chi connectivity index (χ0v) is 11.7. The van der Waals surface area contributed by atoms with Crippen molar-refractivity contribution >= 4 is 11.3 Å². The van der Waals surface area contributed by atoms with Crippen molar-refractivity contribution in [2.45, 2.75) is 52.0 Å². The van der Waals surface area contributed by atoms with E-state index in [9.17, 15) is 0 Å². The number of nitrogens with two attached hydrogens (primary N) is 1. The van der Waals surface area contributed by atoms with Gasteiger partial charge in [-0.2, -0.15) is 11.3 Å². The second-order valence-corrected chi connectivity index (χ2v) is 6.89. The molecule has 0 spiro atoms. The average Bonchev–Trinajstić information content (AvgIpc) is 2.79. The molecule has 1 unspecified atom stereocenters. The van der Waals surface area contributed by atoms with Crippen molar-refractivity contribution in [2.24, 2.45) is 17.2 Å². The van der Waals surface area contributed by atoms with E-state index in [1.165, 1.54) is 31.2 Å². The summed E-state index contributed by atoms with van der Waals surface area (Å²) in [6, 6.07) is 2.66. The standard InChI is InChI=1S/C14H24N2S/c1-14(2)6-3-12(4-7-14)13(16-15)9-11-5-8-17-10-11/h5,8,10,12-13,16H,3-4,6-7,9,15H2,1-2H3. The lowest BCUT2D eigenvalue weighted by molar-refractivity contribution is 0.161. The normalized spacial score (nSPS) is 22.5. The second-order valence-electron chi connectivity index (χ2n) is 6.11. The molecule has 3 heteroatoms. The molecular weight excluding hydrogens is 228 g/mol. The van der Waals surface area contributed by atoms with E-state index >= 15 is 0 Å². The fraction of sp³-hybridized carbons (Fsp3) is 0.714. The molecule has 0 radical (unpaired) electrons. The van der Waals surface area contributed by atoms with Gasteiger partial charge >= 0.3 is 0 Å². The fourth-order valence-electron chi connectivity index (χ4n) is 2.85. The Morgan fingerprint density at radius 2 is 2.18 bits per heavy atom. The highest BCUT2D eigenvalue weighted by atomic mass is 32.1. The molecular formula is C14H24N2S. The summed E-state index contributed by atoms with van der Waals surface area (Å²) in [5.74, 6) is 6.48. The number of hydrogen-bond donors (Lipinski definition) is 2. The van der Waals surface area contributed by atoms with Gasteiger partial charge < -0.3 is 0 Å². The lowest BCUT2D eigenvalue weighted by atomic mass is 9.70. The predicted octanol–water partition coefficient (Wildman–Crippen LogP) is 3.34. The van der Waals surface area contributed by atoms with Crippen LogP contribution in [0.15, 0.2) is 16.8 Å². The number of hydrazine groups is 1. The SMILES string of the molecule is CC1(C)CCC(C(Cc2ccsc2)NN)CC1. The van der Waals surface area contributed by atoms with Gasteiger partial charge in [0.1, 0.15) is 0 Å². The number of hydrogen-bond acceptors (Lipinski definition) is 3. The molecule has 1 aliphatic rings. The first-order valence-electron chi connectivity index (χ1n) is 6.58. The van der Waals surface area contributed by atoms with Crippen LogP contribution in [0.5, 0.6) is 0 Å². The van der Waals surface area contributed by atoms with E-state index in [-0.39, 0.29) is 0 Å². The minimum Gasteiger partial charge on any atom is -0.271 e. The van der Waals surface area contributed by atoms with Crippen molar-refractivity contribution in [3.63, 3.8) is 0 Å². The summed E-state index contributed by atoms with van der Waals surface area (Å²) < 4.78 is 0. The number of rotatable bonds is 4. The largest absolute Gasteiger partial charge is 0.271 e. The third-order valence-electron chi connectivity index (χ3n) is 4.20. The Morgan fingerprint density at radius 3 is 2.71 bits per heavy atom. The Bertz CT molecular complexity index is 322. The van der Waals surface area contributed by atoms with Crippen LogP contribution in [0.3, 0.4) is 0 Å². The molecule has 0 amide bonds. The van der Waals surface area contributed by atoms with Crippen LogP contribution in [0.1, 0.15) is 45.1 Å². The molecule has 3 N–H and O–H groups in total. The first-order valence-corrected chi connectivity index (χ1v) is 7.52. The molecule has 1 saturated carbocycles. The van der Waals surface area contributed by atoms with Crippen molar-refractivity contribution in [3.05, 3.63) is 22.4 Å². The summed E-state index contributed by atoms with van der Waals surface area (Å²) in [6.45, 7) is 4.76. The van der Waals surface area contributed by atoms with Gasteiger partial charge in [-0.15, -0.1) is 0 Å². The highest BCUT2D eigenvalue weighted by Gasteiger charge is 2.30. The van der Waals surface area contributed by atoms with Gasteiger partial charge in [0, 0.05) is 6.04 Å². The lowest BCUT2D eigenvalue weighted by Crippen LogP contribution is -2.44. The third-order valence-corrected chi connectivity index (χ3v) is 4.93. The molecule has 1 heterocycles. The molecule has 2 nitrogen and oxygen atoms in total. The molecule has 1 fully saturated rings. The molecule has 2 rings (SSSR count). The van der Waals surface area contributed by atoms with Gasteiger partial charge in [-0.05, 0) is 65.8 Å². The van der Waals surface area contributed by atoms with Gasteiger partial charge in [0.15, 0.2) is 0 Å². The predicted molar refractivity (Wildman–Crippen MR) is 74.9 cm³/mol. The lowest BCUT2D eigenvalue weighted by Gasteiger charge is -2.37. The van der Waals surface area contributed by atoms with Gasteiger partial charge in [0.05, 0.1) is 0 Å². The molecule has 1 aromatic rings. The topological polar surface area (TPSA) is 38.0 Å².